The molecule has 1 amide bonds. The molecule has 1 saturated carbocycles. The van der Waals surface area contributed by atoms with E-state index in [9.17, 15) is 4.79 Å². The van der Waals surface area contributed by atoms with Gasteiger partial charge in [-0.05, 0) is 32.3 Å². The van der Waals surface area contributed by atoms with Crippen LogP contribution in [0, 0.1) is 0 Å². The molecule has 1 aliphatic carbocycles. The van der Waals surface area contributed by atoms with E-state index in [1.54, 1.807) is 0 Å². The van der Waals surface area contributed by atoms with Crippen LogP contribution < -0.4 is 5.73 Å². The first-order valence-electron chi connectivity index (χ1n) is 7.79. The molecule has 5 nitrogen and oxygen atoms in total. The quantitative estimate of drug-likeness (QED) is 0.863. The highest BCUT2D eigenvalue weighted by atomic mass is 16.2. The first kappa shape index (κ1) is 15.0. The first-order chi connectivity index (χ1) is 9.71. The number of hydrogen-bond donors (Lipinski definition) is 1. The van der Waals surface area contributed by atoms with E-state index in [0.717, 1.165) is 31.5 Å². The van der Waals surface area contributed by atoms with E-state index in [-0.39, 0.29) is 5.91 Å². The highest BCUT2D eigenvalue weighted by Crippen LogP contribution is 2.25. The SMILES string of the molecule is CCc1cc(C(=O)N(CCN)C2CCCC2)n(CC)n1. The number of nitrogens with zero attached hydrogens (tertiary/aromatic N) is 3. The Labute approximate surface area is 121 Å². The maximum atomic E-state index is 12.8. The molecule has 112 valence electrons. The van der Waals surface area contributed by atoms with Crippen LogP contribution in [0.2, 0.25) is 0 Å². The van der Waals surface area contributed by atoms with Crippen LogP contribution in [-0.2, 0) is 13.0 Å². The molecule has 2 N–H and O–H groups in total. The van der Waals surface area contributed by atoms with Crippen molar-refractivity contribution in [2.45, 2.75) is 58.5 Å². The maximum Gasteiger partial charge on any atom is 0.272 e. The molecule has 0 spiro atoms. The summed E-state index contributed by atoms with van der Waals surface area (Å²) in [6.45, 7) is 5.96. The summed E-state index contributed by atoms with van der Waals surface area (Å²) in [6, 6.07) is 2.29. The fourth-order valence-corrected chi connectivity index (χ4v) is 3.01. The third kappa shape index (κ3) is 3.03. The molecule has 0 aliphatic heterocycles. The van der Waals surface area contributed by atoms with Crippen molar-refractivity contribution in [2.75, 3.05) is 13.1 Å². The number of nitrogens with two attached hydrogens (primary N) is 1. The van der Waals surface area contributed by atoms with Crippen molar-refractivity contribution in [3.63, 3.8) is 0 Å². The Morgan fingerprint density at radius 2 is 2.15 bits per heavy atom. The van der Waals surface area contributed by atoms with Gasteiger partial charge in [0.25, 0.3) is 5.91 Å². The monoisotopic (exact) mass is 278 g/mol. The molecule has 2 rings (SSSR count). The second kappa shape index (κ2) is 6.88. The van der Waals surface area contributed by atoms with Crippen LogP contribution in [0.1, 0.15) is 55.7 Å². The summed E-state index contributed by atoms with van der Waals surface area (Å²) in [5.74, 6) is 0.0939. The van der Waals surface area contributed by atoms with Crippen LogP contribution in [0.15, 0.2) is 6.07 Å². The van der Waals surface area contributed by atoms with E-state index in [0.29, 0.717) is 24.8 Å². The molecule has 5 heteroatoms. The van der Waals surface area contributed by atoms with E-state index >= 15 is 0 Å². The normalized spacial score (nSPS) is 15.8. The largest absolute Gasteiger partial charge is 0.333 e. The maximum absolute atomic E-state index is 12.8. The Balaban J connectivity index is 2.23. The minimum Gasteiger partial charge on any atom is -0.333 e. The van der Waals surface area contributed by atoms with Gasteiger partial charge in [-0.1, -0.05) is 19.8 Å². The summed E-state index contributed by atoms with van der Waals surface area (Å²) in [5.41, 5.74) is 7.39. The summed E-state index contributed by atoms with van der Waals surface area (Å²) in [7, 11) is 0. The molecule has 0 aromatic carbocycles. The van der Waals surface area contributed by atoms with Gasteiger partial charge in [-0.3, -0.25) is 9.48 Å². The lowest BCUT2D eigenvalue weighted by Gasteiger charge is -2.28. The third-order valence-corrected chi connectivity index (χ3v) is 4.11. The first-order valence-corrected chi connectivity index (χ1v) is 7.79. The Hall–Kier alpha value is -1.36. The average Bonchev–Trinajstić information content (AvgIpc) is 3.12. The summed E-state index contributed by atoms with van der Waals surface area (Å²) >= 11 is 0. The van der Waals surface area contributed by atoms with Crippen LogP contribution in [0.4, 0.5) is 0 Å². The van der Waals surface area contributed by atoms with Crippen LogP contribution in [-0.4, -0.2) is 39.7 Å². The lowest BCUT2D eigenvalue weighted by Crippen LogP contribution is -2.42. The predicted octanol–water partition coefficient (Wildman–Crippen LogP) is 1.81. The fourth-order valence-electron chi connectivity index (χ4n) is 3.01. The van der Waals surface area contributed by atoms with Crippen molar-refractivity contribution < 1.29 is 4.79 Å². The van der Waals surface area contributed by atoms with Gasteiger partial charge in [-0.15, -0.1) is 0 Å². The van der Waals surface area contributed by atoms with Crippen molar-refractivity contribution in [1.82, 2.24) is 14.7 Å². The van der Waals surface area contributed by atoms with E-state index in [1.807, 2.05) is 22.6 Å². The number of carbonyl (C=O) groups excluding carboxylic acids is 1. The molecule has 0 unspecified atom stereocenters. The number of rotatable bonds is 6. The Kier molecular flexibility index (Phi) is 5.17. The second-order valence-electron chi connectivity index (χ2n) is 5.42. The van der Waals surface area contributed by atoms with Crippen LogP contribution in [0.3, 0.4) is 0 Å². The van der Waals surface area contributed by atoms with E-state index in [2.05, 4.69) is 12.0 Å². The lowest BCUT2D eigenvalue weighted by atomic mass is 10.2. The van der Waals surface area contributed by atoms with Crippen molar-refractivity contribution in [1.29, 1.82) is 0 Å². The minimum absolute atomic E-state index is 0.0939. The number of carbonyl (C=O) groups is 1. The Bertz CT molecular complexity index is 449. The fraction of sp³-hybridized carbons (Fsp3) is 0.733. The van der Waals surface area contributed by atoms with E-state index in [1.165, 1.54) is 12.8 Å². The van der Waals surface area contributed by atoms with Crippen molar-refractivity contribution >= 4 is 5.91 Å². The van der Waals surface area contributed by atoms with E-state index < -0.39 is 0 Å². The summed E-state index contributed by atoms with van der Waals surface area (Å²) in [4.78, 5) is 14.8. The smallest absolute Gasteiger partial charge is 0.272 e. The molecule has 0 radical (unpaired) electrons. The predicted molar refractivity (Wildman–Crippen MR) is 79.6 cm³/mol. The minimum atomic E-state index is 0.0939. The molecule has 1 aliphatic rings. The third-order valence-electron chi connectivity index (χ3n) is 4.11. The van der Waals surface area contributed by atoms with Gasteiger partial charge in [-0.2, -0.15) is 5.10 Å². The van der Waals surface area contributed by atoms with Gasteiger partial charge < -0.3 is 10.6 Å². The number of aryl methyl sites for hydroxylation is 2. The van der Waals surface area contributed by atoms with Crippen LogP contribution in [0.25, 0.3) is 0 Å². The number of amides is 1. The molecule has 20 heavy (non-hydrogen) atoms. The second-order valence-corrected chi connectivity index (χ2v) is 5.42. The molecule has 0 atom stereocenters. The molecule has 0 bridgehead atoms. The summed E-state index contributed by atoms with van der Waals surface area (Å²) in [6.07, 6.45) is 5.49. The van der Waals surface area contributed by atoms with E-state index in [4.69, 9.17) is 5.73 Å². The topological polar surface area (TPSA) is 64.2 Å². The van der Waals surface area contributed by atoms with Gasteiger partial charge in [0.2, 0.25) is 0 Å². The van der Waals surface area contributed by atoms with Crippen LogP contribution >= 0.6 is 0 Å². The van der Waals surface area contributed by atoms with Gasteiger partial charge in [-0.25, -0.2) is 0 Å². The molecule has 1 heterocycles. The standard InChI is InChI=1S/C15H26N4O/c1-3-12-11-14(19(4-2)17-12)15(20)18(10-9-16)13-7-5-6-8-13/h11,13H,3-10,16H2,1-2H3. The molecule has 1 aromatic rings. The Morgan fingerprint density at radius 3 is 2.70 bits per heavy atom. The number of hydrogen-bond acceptors (Lipinski definition) is 3. The van der Waals surface area contributed by atoms with Crippen LogP contribution in [0.5, 0.6) is 0 Å². The van der Waals surface area contributed by atoms with Gasteiger partial charge in [0.15, 0.2) is 0 Å². The zero-order valence-electron chi connectivity index (χ0n) is 12.6. The Morgan fingerprint density at radius 1 is 1.45 bits per heavy atom. The number of aromatic nitrogens is 2. The zero-order valence-corrected chi connectivity index (χ0v) is 12.6. The van der Waals surface area contributed by atoms with Gasteiger partial charge in [0.1, 0.15) is 5.69 Å². The summed E-state index contributed by atoms with van der Waals surface area (Å²) < 4.78 is 1.82. The zero-order chi connectivity index (χ0) is 14.5. The van der Waals surface area contributed by atoms with Gasteiger partial charge in [0, 0.05) is 25.7 Å². The molecule has 1 aromatic heterocycles. The van der Waals surface area contributed by atoms with Crippen molar-refractivity contribution in [3.8, 4) is 0 Å². The van der Waals surface area contributed by atoms with Gasteiger partial charge >= 0.3 is 0 Å². The lowest BCUT2D eigenvalue weighted by molar-refractivity contribution is 0.0675. The van der Waals surface area contributed by atoms with Crippen molar-refractivity contribution in [3.05, 3.63) is 17.5 Å². The molecule has 1 fully saturated rings. The van der Waals surface area contributed by atoms with Gasteiger partial charge in [0.05, 0.1) is 5.69 Å². The average molecular weight is 278 g/mol. The molecular formula is C15H26N4O. The highest BCUT2D eigenvalue weighted by Gasteiger charge is 2.28. The molecule has 0 saturated heterocycles. The van der Waals surface area contributed by atoms with Crippen molar-refractivity contribution in [2.24, 2.45) is 5.73 Å². The summed E-state index contributed by atoms with van der Waals surface area (Å²) in [5, 5.41) is 4.48. The highest BCUT2D eigenvalue weighted by molar-refractivity contribution is 5.93. The molecular weight excluding hydrogens is 252 g/mol.